The lowest BCUT2D eigenvalue weighted by Crippen LogP contribution is -2.39. The molecule has 1 aromatic heterocycles. The van der Waals surface area contributed by atoms with Crippen LogP contribution in [0, 0.1) is 0 Å². The predicted molar refractivity (Wildman–Crippen MR) is 65.6 cm³/mol. The maximum atomic E-state index is 12.4. The first-order valence-corrected chi connectivity index (χ1v) is 6.05. The molecule has 0 saturated heterocycles. The zero-order chi connectivity index (χ0) is 13.0. The Balaban J connectivity index is 1.94. The molecule has 5 nitrogen and oxygen atoms in total. The molecule has 6 heteroatoms. The van der Waals surface area contributed by atoms with E-state index in [1.54, 1.807) is 12.3 Å². The van der Waals surface area contributed by atoms with E-state index in [1.807, 2.05) is 0 Å². The molecule has 0 radical (unpaired) electrons. The lowest BCUT2D eigenvalue weighted by molar-refractivity contribution is 0.0911. The quantitative estimate of drug-likeness (QED) is 0.820. The second kappa shape index (κ2) is 5.77. The fourth-order valence-corrected chi connectivity index (χ4v) is 1.73. The predicted octanol–water partition coefficient (Wildman–Crippen LogP) is 0.977. The number of halogens is 1. The van der Waals surface area contributed by atoms with Crippen molar-refractivity contribution in [3.63, 3.8) is 0 Å². The number of nitrogens with zero attached hydrogens (tertiary/aromatic N) is 2. The fourth-order valence-electron chi connectivity index (χ4n) is 1.73. The molecule has 18 heavy (non-hydrogen) atoms. The summed E-state index contributed by atoms with van der Waals surface area (Å²) in [6, 6.07) is 1.91. The molecule has 0 spiro atoms. The zero-order valence-electron chi connectivity index (χ0n) is 10.1. The maximum absolute atomic E-state index is 12.4. The average Bonchev–Trinajstić information content (AvgIpc) is 2.79. The van der Waals surface area contributed by atoms with Crippen LogP contribution in [0.2, 0.25) is 0 Å². The maximum Gasteiger partial charge on any atom is 0.271 e. The van der Waals surface area contributed by atoms with Crippen LogP contribution in [0.15, 0.2) is 24.2 Å². The number of aromatic nitrogens is 2. The minimum absolute atomic E-state index is 0.139. The third-order valence-electron chi connectivity index (χ3n) is 3.10. The van der Waals surface area contributed by atoms with Crippen molar-refractivity contribution >= 4 is 5.91 Å². The molecule has 0 atom stereocenters. The summed E-state index contributed by atoms with van der Waals surface area (Å²) in [5.41, 5.74) is 6.15. The van der Waals surface area contributed by atoms with Crippen molar-refractivity contribution in [3.8, 4) is 0 Å². The van der Waals surface area contributed by atoms with Gasteiger partial charge in [0.15, 0.2) is 0 Å². The van der Waals surface area contributed by atoms with Crippen molar-refractivity contribution in [3.05, 3.63) is 29.9 Å². The van der Waals surface area contributed by atoms with Crippen LogP contribution in [-0.2, 0) is 6.54 Å². The van der Waals surface area contributed by atoms with Crippen LogP contribution in [0.4, 0.5) is 4.39 Å². The summed E-state index contributed by atoms with van der Waals surface area (Å²) in [6.07, 6.45) is 5.37. The Kier molecular flexibility index (Phi) is 4.09. The zero-order valence-corrected chi connectivity index (χ0v) is 10.1. The molecule has 1 aliphatic carbocycles. The third kappa shape index (κ3) is 2.95. The van der Waals surface area contributed by atoms with Crippen LogP contribution in [0.3, 0.4) is 0 Å². The van der Waals surface area contributed by atoms with Crippen molar-refractivity contribution in [1.82, 2.24) is 15.1 Å². The number of amides is 1. The standard InChI is InChI=1S/C12H17FN4O/c13-6-9(7-14)8-17-5-4-11(16-17)12(18)15-10-2-1-3-10/h4-6,10H,1-3,7-8,14H2,(H,15,18)/b9-6+. The topological polar surface area (TPSA) is 72.9 Å². The van der Waals surface area contributed by atoms with Crippen LogP contribution in [0.5, 0.6) is 0 Å². The highest BCUT2D eigenvalue weighted by Crippen LogP contribution is 2.18. The van der Waals surface area contributed by atoms with Gasteiger partial charge in [-0.3, -0.25) is 9.48 Å². The first-order valence-electron chi connectivity index (χ1n) is 6.05. The number of hydrogen-bond acceptors (Lipinski definition) is 3. The van der Waals surface area contributed by atoms with Gasteiger partial charge >= 0.3 is 0 Å². The van der Waals surface area contributed by atoms with Crippen LogP contribution >= 0.6 is 0 Å². The Hall–Kier alpha value is -1.69. The molecule has 1 saturated carbocycles. The molecule has 0 unspecified atom stereocenters. The van der Waals surface area contributed by atoms with Gasteiger partial charge in [-0.1, -0.05) is 0 Å². The molecule has 0 aromatic carbocycles. The fraction of sp³-hybridized carbons (Fsp3) is 0.500. The van der Waals surface area contributed by atoms with Crippen molar-refractivity contribution in [2.45, 2.75) is 31.8 Å². The Morgan fingerprint density at radius 3 is 3.00 bits per heavy atom. The highest BCUT2D eigenvalue weighted by Gasteiger charge is 2.21. The molecule has 3 N–H and O–H groups in total. The van der Waals surface area contributed by atoms with E-state index in [0.717, 1.165) is 12.8 Å². The van der Waals surface area contributed by atoms with Gasteiger partial charge in [-0.15, -0.1) is 0 Å². The summed E-state index contributed by atoms with van der Waals surface area (Å²) in [5.74, 6) is -0.169. The van der Waals surface area contributed by atoms with E-state index in [2.05, 4.69) is 10.4 Å². The highest BCUT2D eigenvalue weighted by atomic mass is 19.1. The van der Waals surface area contributed by atoms with Crippen molar-refractivity contribution in [2.75, 3.05) is 6.54 Å². The van der Waals surface area contributed by atoms with Gasteiger partial charge in [0, 0.05) is 18.8 Å². The number of hydrogen-bond donors (Lipinski definition) is 2. The SMILES string of the molecule is NC/C(=C\F)Cn1ccc(C(=O)NC2CCC2)n1. The Labute approximate surface area is 105 Å². The lowest BCUT2D eigenvalue weighted by Gasteiger charge is -2.25. The minimum Gasteiger partial charge on any atom is -0.348 e. The highest BCUT2D eigenvalue weighted by molar-refractivity contribution is 5.92. The number of carbonyl (C=O) groups excluding carboxylic acids is 1. The third-order valence-corrected chi connectivity index (χ3v) is 3.10. The Bertz CT molecular complexity index is 451. The minimum atomic E-state index is -0.169. The molecular weight excluding hydrogens is 235 g/mol. The Morgan fingerprint density at radius 2 is 2.44 bits per heavy atom. The second-order valence-electron chi connectivity index (χ2n) is 4.47. The van der Waals surface area contributed by atoms with Gasteiger partial charge in [0.25, 0.3) is 5.91 Å². The molecule has 98 valence electrons. The summed E-state index contributed by atoms with van der Waals surface area (Å²) >= 11 is 0. The molecule has 1 aromatic rings. The van der Waals surface area contributed by atoms with Gasteiger partial charge in [0.1, 0.15) is 5.69 Å². The van der Waals surface area contributed by atoms with Crippen LogP contribution in [0.1, 0.15) is 29.8 Å². The van der Waals surface area contributed by atoms with Crippen LogP contribution < -0.4 is 11.1 Å². The number of rotatable bonds is 5. The van der Waals surface area contributed by atoms with Crippen LogP contribution in [0.25, 0.3) is 0 Å². The van der Waals surface area contributed by atoms with Gasteiger partial charge in [0.05, 0.1) is 12.9 Å². The summed E-state index contributed by atoms with van der Waals surface area (Å²) in [6.45, 7) is 0.406. The number of nitrogens with two attached hydrogens (primary N) is 1. The van der Waals surface area contributed by atoms with E-state index in [1.165, 1.54) is 11.1 Å². The Morgan fingerprint density at radius 1 is 1.67 bits per heavy atom. The van der Waals surface area contributed by atoms with Gasteiger partial charge < -0.3 is 11.1 Å². The van der Waals surface area contributed by atoms with E-state index in [-0.39, 0.29) is 25.0 Å². The van der Waals surface area contributed by atoms with E-state index in [9.17, 15) is 9.18 Å². The summed E-state index contributed by atoms with van der Waals surface area (Å²) in [7, 11) is 0. The molecule has 1 fully saturated rings. The summed E-state index contributed by atoms with van der Waals surface area (Å²) in [5, 5.41) is 7.00. The first kappa shape index (κ1) is 12.8. The van der Waals surface area contributed by atoms with Gasteiger partial charge in [-0.05, 0) is 30.9 Å². The first-order chi connectivity index (χ1) is 8.72. The van der Waals surface area contributed by atoms with E-state index < -0.39 is 0 Å². The normalized spacial score (nSPS) is 16.4. The summed E-state index contributed by atoms with van der Waals surface area (Å²) in [4.78, 5) is 11.8. The van der Waals surface area contributed by atoms with E-state index >= 15 is 0 Å². The van der Waals surface area contributed by atoms with Gasteiger partial charge in [0.2, 0.25) is 0 Å². The molecule has 2 rings (SSSR count). The molecule has 1 heterocycles. The number of carbonyl (C=O) groups is 1. The van der Waals surface area contributed by atoms with Gasteiger partial charge in [-0.2, -0.15) is 5.10 Å². The van der Waals surface area contributed by atoms with Gasteiger partial charge in [-0.25, -0.2) is 4.39 Å². The van der Waals surface area contributed by atoms with Crippen molar-refractivity contribution in [1.29, 1.82) is 0 Å². The molecular formula is C12H17FN4O. The van der Waals surface area contributed by atoms with E-state index in [0.29, 0.717) is 17.6 Å². The van der Waals surface area contributed by atoms with Crippen molar-refractivity contribution in [2.24, 2.45) is 5.73 Å². The average molecular weight is 252 g/mol. The van der Waals surface area contributed by atoms with Crippen molar-refractivity contribution < 1.29 is 9.18 Å². The smallest absolute Gasteiger partial charge is 0.271 e. The second-order valence-corrected chi connectivity index (χ2v) is 4.47. The summed E-state index contributed by atoms with van der Waals surface area (Å²) < 4.78 is 13.9. The molecule has 1 aliphatic rings. The molecule has 1 amide bonds. The van der Waals surface area contributed by atoms with E-state index in [4.69, 9.17) is 5.73 Å². The molecule has 0 aliphatic heterocycles. The largest absolute Gasteiger partial charge is 0.348 e. The lowest BCUT2D eigenvalue weighted by atomic mass is 9.93. The van der Waals surface area contributed by atoms with Crippen LogP contribution in [-0.4, -0.2) is 28.3 Å². The monoisotopic (exact) mass is 252 g/mol. The molecule has 0 bridgehead atoms. The number of nitrogens with one attached hydrogen (secondary N) is 1.